The molecule has 8 heteroatoms. The third-order valence-corrected chi connectivity index (χ3v) is 5.24. The third-order valence-electron chi connectivity index (χ3n) is 5.24. The fourth-order valence-corrected chi connectivity index (χ4v) is 3.82. The van der Waals surface area contributed by atoms with Gasteiger partial charge in [0.25, 0.3) is 0 Å². The number of ether oxygens (including phenoxy) is 1. The van der Waals surface area contributed by atoms with E-state index in [0.29, 0.717) is 24.5 Å². The summed E-state index contributed by atoms with van der Waals surface area (Å²) in [5.74, 6) is -1.73. The summed E-state index contributed by atoms with van der Waals surface area (Å²) >= 11 is 0. The van der Waals surface area contributed by atoms with Crippen molar-refractivity contribution >= 4 is 29.4 Å². The molecule has 1 saturated carbocycles. The Kier molecular flexibility index (Phi) is 5.96. The number of urea groups is 1. The van der Waals surface area contributed by atoms with Crippen LogP contribution in [0.4, 0.5) is 10.5 Å². The van der Waals surface area contributed by atoms with Crippen molar-refractivity contribution in [3.8, 4) is 5.75 Å². The van der Waals surface area contributed by atoms with Gasteiger partial charge in [0, 0.05) is 6.04 Å². The van der Waals surface area contributed by atoms with E-state index in [4.69, 9.17) is 4.74 Å². The minimum absolute atomic E-state index is 0.140. The fraction of sp³-hybridized carbons (Fsp3) is 0.500. The highest BCUT2D eigenvalue weighted by Gasteiger charge is 2.49. The van der Waals surface area contributed by atoms with E-state index in [-0.39, 0.29) is 12.0 Å². The quantitative estimate of drug-likeness (QED) is 0.597. The summed E-state index contributed by atoms with van der Waals surface area (Å²) in [7, 11) is 0. The van der Waals surface area contributed by atoms with Crippen molar-refractivity contribution < 1.29 is 23.9 Å². The highest BCUT2D eigenvalue weighted by Crippen LogP contribution is 2.31. The third kappa shape index (κ3) is 3.85. The Labute approximate surface area is 163 Å². The number of hydrogen-bond donors (Lipinski definition) is 1. The number of imide groups is 2. The molecule has 5 amide bonds. The molecule has 0 spiro atoms. The summed E-state index contributed by atoms with van der Waals surface area (Å²) in [6, 6.07) is 5.89. The molecule has 2 atom stereocenters. The maximum Gasteiger partial charge on any atom is 0.334 e. The minimum atomic E-state index is -0.948. The number of carbonyl (C=O) groups is 4. The first-order valence-electron chi connectivity index (χ1n) is 9.64. The van der Waals surface area contributed by atoms with Gasteiger partial charge in [0.2, 0.25) is 5.91 Å². The normalized spacial score (nSPS) is 22.6. The van der Waals surface area contributed by atoms with E-state index in [1.807, 2.05) is 13.8 Å². The van der Waals surface area contributed by atoms with Crippen LogP contribution in [-0.4, -0.2) is 52.7 Å². The van der Waals surface area contributed by atoms with E-state index < -0.39 is 30.3 Å². The van der Waals surface area contributed by atoms with Crippen molar-refractivity contribution in [3.05, 3.63) is 24.3 Å². The largest absolute Gasteiger partial charge is 0.492 e. The van der Waals surface area contributed by atoms with Crippen molar-refractivity contribution in [2.45, 2.75) is 45.6 Å². The van der Waals surface area contributed by atoms with Crippen molar-refractivity contribution in [2.24, 2.45) is 5.92 Å². The van der Waals surface area contributed by atoms with Crippen molar-refractivity contribution in [1.29, 1.82) is 0 Å². The molecule has 1 aromatic rings. The number of nitrogens with one attached hydrogen (secondary N) is 1. The van der Waals surface area contributed by atoms with E-state index in [2.05, 4.69) is 5.32 Å². The molecular formula is C20H25N3O5. The van der Waals surface area contributed by atoms with E-state index >= 15 is 0 Å². The Balaban J connectivity index is 1.70. The first-order valence-corrected chi connectivity index (χ1v) is 9.64. The lowest BCUT2D eigenvalue weighted by Gasteiger charge is -2.34. The lowest BCUT2D eigenvalue weighted by Crippen LogP contribution is -2.46. The van der Waals surface area contributed by atoms with Crippen LogP contribution in [0.5, 0.6) is 5.75 Å². The first-order chi connectivity index (χ1) is 13.4. The Morgan fingerprint density at radius 1 is 1.14 bits per heavy atom. The van der Waals surface area contributed by atoms with Crippen LogP contribution in [0.15, 0.2) is 24.3 Å². The molecule has 3 rings (SSSR count). The molecular weight excluding hydrogens is 362 g/mol. The molecule has 1 saturated heterocycles. The molecule has 2 fully saturated rings. The molecule has 0 unspecified atom stereocenters. The number of rotatable bonds is 6. The number of hydrogen-bond acceptors (Lipinski definition) is 5. The Morgan fingerprint density at radius 2 is 1.86 bits per heavy atom. The zero-order valence-electron chi connectivity index (χ0n) is 16.1. The van der Waals surface area contributed by atoms with Crippen molar-refractivity contribution in [2.75, 3.05) is 18.5 Å². The number of benzene rings is 1. The zero-order valence-corrected chi connectivity index (χ0v) is 16.1. The van der Waals surface area contributed by atoms with Crippen LogP contribution in [0.25, 0.3) is 0 Å². The van der Waals surface area contributed by atoms with Crippen molar-refractivity contribution in [3.63, 3.8) is 0 Å². The van der Waals surface area contributed by atoms with Crippen LogP contribution in [0.3, 0.4) is 0 Å². The number of amides is 5. The Bertz CT molecular complexity index is 794. The van der Waals surface area contributed by atoms with Gasteiger partial charge in [0.1, 0.15) is 12.3 Å². The molecule has 1 heterocycles. The van der Waals surface area contributed by atoms with Gasteiger partial charge in [-0.3, -0.25) is 19.3 Å². The van der Waals surface area contributed by atoms with E-state index in [9.17, 15) is 19.2 Å². The molecule has 1 N–H and O–H groups in total. The molecule has 150 valence electrons. The molecule has 0 radical (unpaired) electrons. The number of nitrogens with zero attached hydrogens (tertiary/aromatic N) is 2. The SMILES string of the molecule is CCOc1ccccc1NC(=O)CN1C(=O)C(=O)N([C@H]2CCCC[C@@H]2C)C1=O. The molecule has 1 aromatic carbocycles. The fourth-order valence-electron chi connectivity index (χ4n) is 3.82. The maximum atomic E-state index is 12.7. The summed E-state index contributed by atoms with van der Waals surface area (Å²) in [6.07, 6.45) is 3.56. The average molecular weight is 387 g/mol. The van der Waals surface area contributed by atoms with Crippen LogP contribution in [0.2, 0.25) is 0 Å². The second-order valence-electron chi connectivity index (χ2n) is 7.16. The van der Waals surface area contributed by atoms with Crippen LogP contribution < -0.4 is 10.1 Å². The molecule has 8 nitrogen and oxygen atoms in total. The van der Waals surface area contributed by atoms with Gasteiger partial charge in [-0.1, -0.05) is 31.9 Å². The minimum Gasteiger partial charge on any atom is -0.492 e. The van der Waals surface area contributed by atoms with E-state index in [1.165, 1.54) is 0 Å². The number of para-hydroxylation sites is 2. The highest BCUT2D eigenvalue weighted by atomic mass is 16.5. The lowest BCUT2D eigenvalue weighted by molar-refractivity contribution is -0.145. The van der Waals surface area contributed by atoms with Gasteiger partial charge in [-0.25, -0.2) is 9.69 Å². The first kappa shape index (κ1) is 19.9. The molecule has 2 aliphatic rings. The number of anilines is 1. The van der Waals surface area contributed by atoms with Crippen molar-refractivity contribution in [1.82, 2.24) is 9.80 Å². The van der Waals surface area contributed by atoms with Crippen LogP contribution in [0.1, 0.15) is 39.5 Å². The second-order valence-corrected chi connectivity index (χ2v) is 7.16. The maximum absolute atomic E-state index is 12.7. The molecule has 0 bridgehead atoms. The van der Waals surface area contributed by atoms with Gasteiger partial charge in [-0.15, -0.1) is 0 Å². The van der Waals surface area contributed by atoms with Gasteiger partial charge < -0.3 is 10.1 Å². The highest BCUT2D eigenvalue weighted by molar-refractivity contribution is 6.45. The summed E-state index contributed by atoms with van der Waals surface area (Å²) in [4.78, 5) is 51.7. The van der Waals surface area contributed by atoms with Crippen LogP contribution >= 0.6 is 0 Å². The predicted molar refractivity (Wildman–Crippen MR) is 102 cm³/mol. The lowest BCUT2D eigenvalue weighted by atomic mass is 9.85. The van der Waals surface area contributed by atoms with Gasteiger partial charge in [0.05, 0.1) is 12.3 Å². The van der Waals surface area contributed by atoms with Crippen LogP contribution in [-0.2, 0) is 14.4 Å². The van der Waals surface area contributed by atoms with Gasteiger partial charge in [-0.2, -0.15) is 0 Å². The van der Waals surface area contributed by atoms with Gasteiger partial charge >= 0.3 is 17.8 Å². The monoisotopic (exact) mass is 387 g/mol. The smallest absolute Gasteiger partial charge is 0.334 e. The van der Waals surface area contributed by atoms with E-state index in [1.54, 1.807) is 24.3 Å². The second kappa shape index (κ2) is 8.41. The van der Waals surface area contributed by atoms with Gasteiger partial charge in [-0.05, 0) is 37.8 Å². The molecule has 0 aromatic heterocycles. The molecule has 28 heavy (non-hydrogen) atoms. The Morgan fingerprint density at radius 3 is 2.57 bits per heavy atom. The average Bonchev–Trinajstić information content (AvgIpc) is 2.88. The zero-order chi connectivity index (χ0) is 20.3. The number of carbonyl (C=O) groups excluding carboxylic acids is 4. The predicted octanol–water partition coefficient (Wildman–Crippen LogP) is 2.39. The van der Waals surface area contributed by atoms with Crippen LogP contribution in [0, 0.1) is 5.92 Å². The summed E-state index contributed by atoms with van der Waals surface area (Å²) < 4.78 is 5.45. The topological polar surface area (TPSA) is 96.0 Å². The Hall–Kier alpha value is -2.90. The summed E-state index contributed by atoms with van der Waals surface area (Å²) in [6.45, 7) is 3.72. The molecule has 1 aliphatic carbocycles. The summed E-state index contributed by atoms with van der Waals surface area (Å²) in [5.41, 5.74) is 0.442. The standard InChI is InChI=1S/C20H25N3O5/c1-3-28-16-11-7-5-9-14(16)21-17(24)12-22-18(25)19(26)23(20(22)27)15-10-6-4-8-13(15)2/h5,7,9,11,13,15H,3-4,6,8,10,12H2,1-2H3,(H,21,24)/t13-,15-/m0/s1. The molecule has 1 aliphatic heterocycles. The summed E-state index contributed by atoms with van der Waals surface area (Å²) in [5, 5.41) is 2.64. The van der Waals surface area contributed by atoms with Gasteiger partial charge in [0.15, 0.2) is 0 Å². The van der Waals surface area contributed by atoms with E-state index in [0.717, 1.165) is 29.1 Å².